The Morgan fingerprint density at radius 1 is 1.00 bits per heavy atom. The molecule has 1 heterocycles. The third kappa shape index (κ3) is 4.73. The Kier molecular flexibility index (Phi) is 5.95. The Morgan fingerprint density at radius 2 is 1.77 bits per heavy atom. The largest absolute Gasteiger partial charge is 0.496 e. The molecule has 0 bridgehead atoms. The average molecular weight is 439 g/mol. The van der Waals surface area contributed by atoms with Gasteiger partial charge in [-0.1, -0.05) is 48.0 Å². The summed E-state index contributed by atoms with van der Waals surface area (Å²) in [6.07, 6.45) is 0. The van der Waals surface area contributed by atoms with E-state index in [0.29, 0.717) is 23.1 Å². The molecule has 7 nitrogen and oxygen atoms in total. The van der Waals surface area contributed by atoms with Gasteiger partial charge in [0.05, 0.1) is 18.7 Å². The average Bonchev–Trinajstić information content (AvgIpc) is 3.09. The second-order valence-corrected chi connectivity index (χ2v) is 7.20. The van der Waals surface area contributed by atoms with Gasteiger partial charge in [0.2, 0.25) is 0 Å². The predicted molar refractivity (Wildman–Crippen MR) is 117 cm³/mol. The molecule has 1 N–H and O–H groups in total. The molecule has 0 saturated heterocycles. The van der Waals surface area contributed by atoms with E-state index in [4.69, 9.17) is 25.6 Å². The molecule has 0 aliphatic rings. The number of nitrogens with zero attached hydrogens (tertiary/aromatic N) is 1. The number of benzene rings is 3. The van der Waals surface area contributed by atoms with Crippen LogP contribution in [0.3, 0.4) is 0 Å². The van der Waals surface area contributed by atoms with Gasteiger partial charge in [0, 0.05) is 5.56 Å². The van der Waals surface area contributed by atoms with Crippen molar-refractivity contribution in [1.82, 2.24) is 9.72 Å². The molecule has 0 spiro atoms. The number of hydrogen-bond donors (Lipinski definition) is 1. The van der Waals surface area contributed by atoms with Crippen LogP contribution in [0.15, 0.2) is 80.8 Å². The molecule has 0 saturated carbocycles. The maximum atomic E-state index is 11.5. The number of aromatic amines is 1. The summed E-state index contributed by atoms with van der Waals surface area (Å²) in [5, 5.41) is 0.616. The Bertz CT molecular complexity index is 1300. The maximum absolute atomic E-state index is 11.5. The van der Waals surface area contributed by atoms with Crippen LogP contribution in [0.2, 0.25) is 5.02 Å². The normalized spacial score (nSPS) is 10.8. The lowest BCUT2D eigenvalue weighted by molar-refractivity contribution is 0.258. The van der Waals surface area contributed by atoms with Gasteiger partial charge in [-0.2, -0.15) is 0 Å². The van der Waals surface area contributed by atoms with Crippen LogP contribution >= 0.6 is 11.6 Å². The number of aromatic nitrogens is 2. The van der Waals surface area contributed by atoms with Crippen molar-refractivity contribution >= 4 is 11.6 Å². The molecule has 158 valence electrons. The number of nitrogens with one attached hydrogen (secondary N) is 1. The van der Waals surface area contributed by atoms with Crippen molar-refractivity contribution in [1.29, 1.82) is 0 Å². The molecule has 4 rings (SSSR count). The quantitative estimate of drug-likeness (QED) is 0.469. The third-order valence-electron chi connectivity index (χ3n) is 4.69. The van der Waals surface area contributed by atoms with Gasteiger partial charge in [0.15, 0.2) is 0 Å². The number of hydrogen-bond acceptors (Lipinski definition) is 5. The molecular formula is C23H19ClN2O5. The molecule has 0 aliphatic heterocycles. The lowest BCUT2D eigenvalue weighted by Crippen LogP contribution is -2.17. The van der Waals surface area contributed by atoms with Crippen LogP contribution in [0.5, 0.6) is 11.5 Å². The van der Waals surface area contributed by atoms with Crippen LogP contribution in [0.25, 0.3) is 11.1 Å². The molecule has 31 heavy (non-hydrogen) atoms. The van der Waals surface area contributed by atoms with Gasteiger partial charge in [-0.05, 0) is 47.0 Å². The van der Waals surface area contributed by atoms with Gasteiger partial charge in [0.1, 0.15) is 18.1 Å². The van der Waals surface area contributed by atoms with Gasteiger partial charge in [-0.25, -0.2) is 14.6 Å². The zero-order chi connectivity index (χ0) is 21.8. The summed E-state index contributed by atoms with van der Waals surface area (Å²) in [5.74, 6) is 0.604. The summed E-state index contributed by atoms with van der Waals surface area (Å²) < 4.78 is 17.1. The van der Waals surface area contributed by atoms with Gasteiger partial charge in [-0.15, -0.1) is 4.74 Å². The highest BCUT2D eigenvalue weighted by molar-refractivity contribution is 6.33. The molecule has 3 aromatic carbocycles. The first-order valence-corrected chi connectivity index (χ1v) is 9.85. The Hall–Kier alpha value is -3.71. The number of methoxy groups -OCH3 is 1. The fourth-order valence-electron chi connectivity index (χ4n) is 3.21. The van der Waals surface area contributed by atoms with Gasteiger partial charge in [0.25, 0.3) is 0 Å². The number of rotatable bonds is 7. The first-order chi connectivity index (χ1) is 15.0. The highest BCUT2D eigenvalue weighted by Crippen LogP contribution is 2.36. The Labute approximate surface area is 182 Å². The first kappa shape index (κ1) is 20.6. The smallest absolute Gasteiger partial charge is 0.440 e. The van der Waals surface area contributed by atoms with E-state index in [-0.39, 0.29) is 6.54 Å². The molecule has 0 fully saturated rings. The predicted octanol–water partition coefficient (Wildman–Crippen LogP) is 4.09. The van der Waals surface area contributed by atoms with Crippen LogP contribution < -0.4 is 20.9 Å². The highest BCUT2D eigenvalue weighted by Gasteiger charge is 2.11. The van der Waals surface area contributed by atoms with E-state index in [1.165, 1.54) is 0 Å². The monoisotopic (exact) mass is 438 g/mol. The van der Waals surface area contributed by atoms with Crippen molar-refractivity contribution in [2.75, 3.05) is 7.11 Å². The number of H-pyrrole nitrogens is 1. The minimum atomic E-state index is -0.776. The zero-order valence-electron chi connectivity index (χ0n) is 16.6. The summed E-state index contributed by atoms with van der Waals surface area (Å²) in [4.78, 5) is 24.7. The van der Waals surface area contributed by atoms with Crippen LogP contribution in [-0.4, -0.2) is 16.8 Å². The van der Waals surface area contributed by atoms with Crippen LogP contribution in [-0.2, 0) is 13.2 Å². The molecule has 0 atom stereocenters. The molecule has 0 aliphatic carbocycles. The van der Waals surface area contributed by atoms with Crippen molar-refractivity contribution < 1.29 is 14.0 Å². The maximum Gasteiger partial charge on any atom is 0.440 e. The Morgan fingerprint density at radius 3 is 2.48 bits per heavy atom. The van der Waals surface area contributed by atoms with Crippen LogP contribution in [0.1, 0.15) is 11.1 Å². The summed E-state index contributed by atoms with van der Waals surface area (Å²) in [5.41, 5.74) is 2.97. The van der Waals surface area contributed by atoms with Gasteiger partial charge < -0.3 is 14.0 Å². The molecule has 0 amide bonds. The molecule has 8 heteroatoms. The summed E-state index contributed by atoms with van der Waals surface area (Å²) in [6, 6.07) is 20.7. The standard InChI is InChI=1S/C23H19ClN2O5/c1-29-20-7-3-6-19(24)21(20)17-5-2-4-16(12-17)14-30-18-10-8-15(9-11-18)13-26-22(27)25-23(28)31-26/h2-12H,13-14H2,1H3,(H,25,27,28). The molecule has 0 unspecified atom stereocenters. The van der Waals surface area contributed by atoms with Gasteiger partial charge in [-0.3, -0.25) is 0 Å². The lowest BCUT2D eigenvalue weighted by Gasteiger charge is -2.12. The van der Waals surface area contributed by atoms with E-state index in [1.807, 2.05) is 47.4 Å². The summed E-state index contributed by atoms with van der Waals surface area (Å²) in [7, 11) is 1.62. The molecule has 1 aromatic heterocycles. The number of ether oxygens (including phenoxy) is 2. The second kappa shape index (κ2) is 8.97. The van der Waals surface area contributed by atoms with Crippen molar-refractivity contribution in [3.63, 3.8) is 0 Å². The van der Waals surface area contributed by atoms with Crippen molar-refractivity contribution in [2.24, 2.45) is 0 Å². The minimum Gasteiger partial charge on any atom is -0.496 e. The van der Waals surface area contributed by atoms with Crippen molar-refractivity contribution in [3.8, 4) is 22.6 Å². The molecular weight excluding hydrogens is 420 g/mol. The lowest BCUT2D eigenvalue weighted by atomic mass is 10.0. The first-order valence-electron chi connectivity index (χ1n) is 9.47. The van der Waals surface area contributed by atoms with Crippen molar-refractivity contribution in [2.45, 2.75) is 13.2 Å². The summed E-state index contributed by atoms with van der Waals surface area (Å²) >= 11 is 6.39. The fraction of sp³-hybridized carbons (Fsp3) is 0.130. The van der Waals surface area contributed by atoms with Crippen molar-refractivity contribution in [3.05, 3.63) is 104 Å². The SMILES string of the molecule is COc1cccc(Cl)c1-c1cccc(COc2ccc(Cn3oc(=O)[nH]c3=O)cc2)c1. The van der Waals surface area contributed by atoms with Crippen LogP contribution in [0.4, 0.5) is 0 Å². The van der Waals surface area contributed by atoms with Crippen LogP contribution in [0, 0.1) is 0 Å². The third-order valence-corrected chi connectivity index (χ3v) is 5.01. The van der Waals surface area contributed by atoms with E-state index in [1.54, 1.807) is 31.4 Å². The van der Waals surface area contributed by atoms with E-state index in [9.17, 15) is 9.59 Å². The highest BCUT2D eigenvalue weighted by atomic mass is 35.5. The Balaban J connectivity index is 1.45. The van der Waals surface area contributed by atoms with E-state index >= 15 is 0 Å². The van der Waals surface area contributed by atoms with E-state index in [0.717, 1.165) is 27.0 Å². The summed E-state index contributed by atoms with van der Waals surface area (Å²) in [6.45, 7) is 0.520. The molecule has 0 radical (unpaired) electrons. The van der Waals surface area contributed by atoms with E-state index < -0.39 is 11.4 Å². The second-order valence-electron chi connectivity index (χ2n) is 6.80. The fourth-order valence-corrected chi connectivity index (χ4v) is 3.49. The number of halogens is 1. The van der Waals surface area contributed by atoms with E-state index in [2.05, 4.69) is 0 Å². The van der Waals surface area contributed by atoms with Gasteiger partial charge >= 0.3 is 11.4 Å². The topological polar surface area (TPSA) is 86.5 Å². The zero-order valence-corrected chi connectivity index (χ0v) is 17.4. The molecule has 4 aromatic rings. The minimum absolute atomic E-state index is 0.152.